The number of hydrogen-bond acceptors (Lipinski definition) is 2. The van der Waals surface area contributed by atoms with Crippen LogP contribution < -0.4 is 5.32 Å². The molecule has 0 saturated heterocycles. The number of amides is 1. The van der Waals surface area contributed by atoms with Crippen molar-refractivity contribution in [2.24, 2.45) is 0 Å². The van der Waals surface area contributed by atoms with Crippen LogP contribution in [-0.2, 0) is 24.1 Å². The molecule has 1 aromatic heterocycles. The normalized spacial score (nSPS) is 15.0. The lowest BCUT2D eigenvalue weighted by Crippen LogP contribution is -2.28. The second kappa shape index (κ2) is 6.73. The lowest BCUT2D eigenvalue weighted by molar-refractivity contribution is -0.119. The maximum atomic E-state index is 11.5. The smallest absolute Gasteiger partial charge is 0.217 e. The number of carbonyl (C=O) groups excluding carboxylic acids is 1. The van der Waals surface area contributed by atoms with Crippen molar-refractivity contribution in [3.8, 4) is 0 Å². The first-order valence-electron chi connectivity index (χ1n) is 8.01. The van der Waals surface area contributed by atoms with Gasteiger partial charge in [0.2, 0.25) is 5.91 Å². The van der Waals surface area contributed by atoms with Gasteiger partial charge in [-0.3, -0.25) is 9.78 Å². The maximum absolute atomic E-state index is 11.5. The van der Waals surface area contributed by atoms with Gasteiger partial charge in [-0.1, -0.05) is 24.3 Å². The Morgan fingerprint density at radius 3 is 2.73 bits per heavy atom. The van der Waals surface area contributed by atoms with Gasteiger partial charge in [-0.15, -0.1) is 0 Å². The van der Waals surface area contributed by atoms with Gasteiger partial charge in [-0.25, -0.2) is 0 Å². The first-order valence-corrected chi connectivity index (χ1v) is 8.01. The fraction of sp³-hybridized carbons (Fsp3) is 0.368. The third-order valence-electron chi connectivity index (χ3n) is 4.28. The molecule has 0 bridgehead atoms. The predicted molar refractivity (Wildman–Crippen MR) is 87.6 cm³/mol. The average molecular weight is 294 g/mol. The van der Waals surface area contributed by atoms with Crippen LogP contribution in [0.5, 0.6) is 0 Å². The minimum atomic E-state index is -0.0691. The molecule has 0 radical (unpaired) electrons. The Labute approximate surface area is 131 Å². The van der Waals surface area contributed by atoms with E-state index < -0.39 is 0 Å². The molecule has 1 N–H and O–H groups in total. The van der Waals surface area contributed by atoms with E-state index in [2.05, 4.69) is 28.5 Å². The lowest BCUT2D eigenvalue weighted by Gasteiger charge is -2.20. The van der Waals surface area contributed by atoms with E-state index in [9.17, 15) is 4.79 Å². The third kappa shape index (κ3) is 3.53. The van der Waals surface area contributed by atoms with Crippen LogP contribution in [0, 0.1) is 0 Å². The van der Waals surface area contributed by atoms with Crippen molar-refractivity contribution in [1.82, 2.24) is 10.3 Å². The minimum Gasteiger partial charge on any atom is -0.348 e. The number of hydrogen-bond donors (Lipinski definition) is 1. The number of carbonyl (C=O) groups is 1. The average Bonchev–Trinajstić information content (AvgIpc) is 2.54. The molecule has 1 heterocycles. The Hall–Kier alpha value is -2.16. The molecule has 1 amide bonds. The van der Waals surface area contributed by atoms with Crippen LogP contribution in [0.15, 0.2) is 42.6 Å². The molecular weight excluding hydrogens is 272 g/mol. The molecule has 2 aromatic rings. The van der Waals surface area contributed by atoms with Gasteiger partial charge in [0.1, 0.15) is 0 Å². The van der Waals surface area contributed by atoms with E-state index in [1.54, 1.807) is 13.1 Å². The SMILES string of the molecule is CC(=O)NC(Cc1ccc2c(c1)CCCC2)c1ccccn1. The molecule has 22 heavy (non-hydrogen) atoms. The largest absolute Gasteiger partial charge is 0.348 e. The summed E-state index contributed by atoms with van der Waals surface area (Å²) in [5, 5.41) is 3.02. The molecule has 0 aliphatic heterocycles. The highest BCUT2D eigenvalue weighted by molar-refractivity contribution is 5.73. The van der Waals surface area contributed by atoms with Crippen LogP contribution in [-0.4, -0.2) is 10.9 Å². The molecule has 0 fully saturated rings. The highest BCUT2D eigenvalue weighted by atomic mass is 16.1. The molecule has 1 unspecified atom stereocenters. The number of nitrogens with zero attached hydrogens (tertiary/aromatic N) is 1. The van der Waals surface area contributed by atoms with Crippen LogP contribution in [0.3, 0.4) is 0 Å². The molecule has 0 spiro atoms. The Morgan fingerprint density at radius 1 is 1.18 bits per heavy atom. The van der Waals surface area contributed by atoms with Crippen molar-refractivity contribution < 1.29 is 4.79 Å². The van der Waals surface area contributed by atoms with E-state index in [4.69, 9.17) is 0 Å². The molecule has 1 atom stereocenters. The van der Waals surface area contributed by atoms with Crippen molar-refractivity contribution in [2.75, 3.05) is 0 Å². The number of aryl methyl sites for hydroxylation is 2. The maximum Gasteiger partial charge on any atom is 0.217 e. The van der Waals surface area contributed by atoms with Gasteiger partial charge in [-0.2, -0.15) is 0 Å². The molecule has 1 aliphatic carbocycles. The monoisotopic (exact) mass is 294 g/mol. The van der Waals surface area contributed by atoms with Gasteiger partial charge in [0.05, 0.1) is 11.7 Å². The Balaban J connectivity index is 1.82. The fourth-order valence-corrected chi connectivity index (χ4v) is 3.21. The van der Waals surface area contributed by atoms with E-state index in [1.807, 2.05) is 18.2 Å². The summed E-state index contributed by atoms with van der Waals surface area (Å²) in [5.74, 6) is -0.0198. The Kier molecular flexibility index (Phi) is 4.52. The molecule has 3 heteroatoms. The van der Waals surface area contributed by atoms with Gasteiger partial charge in [-0.05, 0) is 60.9 Å². The fourth-order valence-electron chi connectivity index (χ4n) is 3.21. The van der Waals surface area contributed by atoms with Crippen molar-refractivity contribution >= 4 is 5.91 Å². The van der Waals surface area contributed by atoms with E-state index in [-0.39, 0.29) is 11.9 Å². The molecule has 3 nitrogen and oxygen atoms in total. The topological polar surface area (TPSA) is 42.0 Å². The standard InChI is InChI=1S/C19H22N2O/c1-14(22)21-19(18-8-4-5-11-20-18)13-15-9-10-16-6-2-3-7-17(16)12-15/h4-5,8-12,19H,2-3,6-7,13H2,1H3,(H,21,22). The van der Waals surface area contributed by atoms with Gasteiger partial charge in [0, 0.05) is 13.1 Å². The number of nitrogens with one attached hydrogen (secondary N) is 1. The summed E-state index contributed by atoms with van der Waals surface area (Å²) in [4.78, 5) is 15.9. The van der Waals surface area contributed by atoms with Crippen LogP contribution in [0.4, 0.5) is 0 Å². The van der Waals surface area contributed by atoms with Crippen molar-refractivity contribution in [3.05, 3.63) is 65.0 Å². The Morgan fingerprint density at radius 2 is 2.00 bits per heavy atom. The lowest BCUT2D eigenvalue weighted by atomic mass is 9.89. The molecule has 0 saturated carbocycles. The summed E-state index contributed by atoms with van der Waals surface area (Å²) in [6, 6.07) is 12.5. The van der Waals surface area contributed by atoms with Gasteiger partial charge in [0.15, 0.2) is 0 Å². The number of rotatable bonds is 4. The second-order valence-corrected chi connectivity index (χ2v) is 6.02. The summed E-state index contributed by atoms with van der Waals surface area (Å²) < 4.78 is 0. The number of pyridine rings is 1. The van der Waals surface area contributed by atoms with E-state index in [1.165, 1.54) is 42.4 Å². The van der Waals surface area contributed by atoms with Crippen molar-refractivity contribution in [1.29, 1.82) is 0 Å². The number of aromatic nitrogens is 1. The molecule has 1 aromatic carbocycles. The summed E-state index contributed by atoms with van der Waals surface area (Å²) in [6.07, 6.45) is 7.52. The van der Waals surface area contributed by atoms with Gasteiger partial charge >= 0.3 is 0 Å². The summed E-state index contributed by atoms with van der Waals surface area (Å²) in [6.45, 7) is 1.56. The number of benzene rings is 1. The minimum absolute atomic E-state index is 0.0198. The van der Waals surface area contributed by atoms with Gasteiger partial charge in [0.25, 0.3) is 0 Å². The van der Waals surface area contributed by atoms with Crippen LogP contribution in [0.1, 0.15) is 48.2 Å². The van der Waals surface area contributed by atoms with Crippen LogP contribution >= 0.6 is 0 Å². The second-order valence-electron chi connectivity index (χ2n) is 6.02. The third-order valence-corrected chi connectivity index (χ3v) is 4.28. The number of fused-ring (bicyclic) bond motifs is 1. The first-order chi connectivity index (χ1) is 10.7. The zero-order valence-corrected chi connectivity index (χ0v) is 13.0. The molecule has 1 aliphatic rings. The van der Waals surface area contributed by atoms with Gasteiger partial charge < -0.3 is 5.32 Å². The predicted octanol–water partition coefficient (Wildman–Crippen LogP) is 3.38. The summed E-state index contributed by atoms with van der Waals surface area (Å²) >= 11 is 0. The zero-order valence-electron chi connectivity index (χ0n) is 13.0. The summed E-state index contributed by atoms with van der Waals surface area (Å²) in [5.41, 5.74) is 5.15. The van der Waals surface area contributed by atoms with Crippen LogP contribution in [0.2, 0.25) is 0 Å². The highest BCUT2D eigenvalue weighted by Crippen LogP contribution is 2.24. The highest BCUT2D eigenvalue weighted by Gasteiger charge is 2.16. The van der Waals surface area contributed by atoms with E-state index >= 15 is 0 Å². The van der Waals surface area contributed by atoms with E-state index in [0.29, 0.717) is 0 Å². The first kappa shape index (κ1) is 14.8. The van der Waals surface area contributed by atoms with E-state index in [0.717, 1.165) is 12.1 Å². The van der Waals surface area contributed by atoms with Crippen molar-refractivity contribution in [2.45, 2.75) is 45.1 Å². The molecule has 3 rings (SSSR count). The Bertz CT molecular complexity index is 652. The quantitative estimate of drug-likeness (QED) is 0.939. The molecule has 114 valence electrons. The summed E-state index contributed by atoms with van der Waals surface area (Å²) in [7, 11) is 0. The van der Waals surface area contributed by atoms with Crippen LogP contribution in [0.25, 0.3) is 0 Å². The zero-order chi connectivity index (χ0) is 15.4. The molecular formula is C19H22N2O. The van der Waals surface area contributed by atoms with Crippen molar-refractivity contribution in [3.63, 3.8) is 0 Å².